The van der Waals surface area contributed by atoms with Gasteiger partial charge in [-0.15, -0.1) is 0 Å². The zero-order chi connectivity index (χ0) is 11.6. The van der Waals surface area contributed by atoms with Gasteiger partial charge in [-0.3, -0.25) is 4.68 Å². The molecular formula is C11H15N3O2. The van der Waals surface area contributed by atoms with Crippen LogP contribution >= 0.6 is 0 Å². The van der Waals surface area contributed by atoms with Gasteiger partial charge in [-0.05, 0) is 18.9 Å². The van der Waals surface area contributed by atoms with Gasteiger partial charge in [0.1, 0.15) is 6.10 Å². The average Bonchev–Trinajstić information content (AvgIpc) is 2.75. The van der Waals surface area contributed by atoms with Crippen molar-refractivity contribution in [3.63, 3.8) is 0 Å². The Morgan fingerprint density at radius 3 is 2.81 bits per heavy atom. The van der Waals surface area contributed by atoms with Crippen molar-refractivity contribution in [2.24, 2.45) is 12.5 Å². The van der Waals surface area contributed by atoms with Crippen molar-refractivity contribution in [2.45, 2.75) is 18.9 Å². The van der Waals surface area contributed by atoms with Crippen LogP contribution in [0.15, 0.2) is 12.3 Å². The number of ether oxygens (including phenoxy) is 1. The molecule has 0 spiro atoms. The minimum absolute atomic E-state index is 0.530. The first-order valence-corrected chi connectivity index (χ1v) is 5.34. The molecular weight excluding hydrogens is 206 g/mol. The highest BCUT2D eigenvalue weighted by Gasteiger charge is 2.41. The molecule has 1 atom stereocenters. The molecule has 0 bridgehead atoms. The van der Waals surface area contributed by atoms with Crippen LogP contribution in [0.25, 0.3) is 0 Å². The summed E-state index contributed by atoms with van der Waals surface area (Å²) in [5.41, 5.74) is -0.0464. The second kappa shape index (κ2) is 4.24. The van der Waals surface area contributed by atoms with E-state index in [-0.39, 0.29) is 0 Å². The second-order valence-corrected chi connectivity index (χ2v) is 4.16. The van der Waals surface area contributed by atoms with E-state index in [1.807, 2.05) is 0 Å². The molecule has 86 valence electrons. The molecule has 1 aliphatic heterocycles. The first-order chi connectivity index (χ1) is 7.69. The van der Waals surface area contributed by atoms with Crippen LogP contribution in [0.1, 0.15) is 24.6 Å². The van der Waals surface area contributed by atoms with Crippen molar-refractivity contribution in [1.29, 1.82) is 5.26 Å². The lowest BCUT2D eigenvalue weighted by molar-refractivity contribution is -0.0340. The molecule has 1 saturated heterocycles. The summed E-state index contributed by atoms with van der Waals surface area (Å²) in [4.78, 5) is 0. The molecule has 2 heterocycles. The molecule has 0 aliphatic carbocycles. The molecule has 5 nitrogen and oxygen atoms in total. The summed E-state index contributed by atoms with van der Waals surface area (Å²) in [6.45, 7) is 1.06. The van der Waals surface area contributed by atoms with Crippen molar-refractivity contribution in [2.75, 3.05) is 13.2 Å². The number of aliphatic hydroxyl groups excluding tert-OH is 1. The number of aromatic nitrogens is 2. The Morgan fingerprint density at radius 1 is 1.62 bits per heavy atom. The number of rotatable bonds is 2. The van der Waals surface area contributed by atoms with Crippen LogP contribution in [0.4, 0.5) is 0 Å². The van der Waals surface area contributed by atoms with Crippen LogP contribution < -0.4 is 0 Å². The van der Waals surface area contributed by atoms with Crippen LogP contribution in [-0.4, -0.2) is 28.1 Å². The van der Waals surface area contributed by atoms with Gasteiger partial charge in [0.25, 0.3) is 0 Å². The Morgan fingerprint density at radius 2 is 2.31 bits per heavy atom. The van der Waals surface area contributed by atoms with E-state index >= 15 is 0 Å². The fourth-order valence-corrected chi connectivity index (χ4v) is 2.12. The lowest BCUT2D eigenvalue weighted by Crippen LogP contribution is -2.35. The predicted molar refractivity (Wildman–Crippen MR) is 56.3 cm³/mol. The van der Waals surface area contributed by atoms with Gasteiger partial charge in [-0.1, -0.05) is 0 Å². The normalized spacial score (nSPS) is 21.3. The Balaban J connectivity index is 2.28. The number of nitriles is 1. The third kappa shape index (κ3) is 1.70. The average molecular weight is 221 g/mol. The van der Waals surface area contributed by atoms with Crippen LogP contribution in [-0.2, 0) is 11.8 Å². The van der Waals surface area contributed by atoms with Crippen molar-refractivity contribution in [3.05, 3.63) is 18.0 Å². The van der Waals surface area contributed by atoms with Crippen molar-refractivity contribution < 1.29 is 9.84 Å². The summed E-state index contributed by atoms with van der Waals surface area (Å²) >= 11 is 0. The van der Waals surface area contributed by atoms with Gasteiger partial charge in [0.15, 0.2) is 0 Å². The lowest BCUT2D eigenvalue weighted by atomic mass is 9.75. The summed E-state index contributed by atoms with van der Waals surface area (Å²) in [6.07, 6.45) is 1.96. The molecule has 0 radical (unpaired) electrons. The minimum atomic E-state index is -0.797. The first-order valence-electron chi connectivity index (χ1n) is 5.34. The molecule has 2 rings (SSSR count). The standard InChI is InChI=1S/C11H15N3O2/c1-14-9(2-5-13-14)10(15)11(8-12)3-6-16-7-4-11/h2,5,10,15H,3-4,6-7H2,1H3. The maximum atomic E-state index is 10.3. The van der Waals surface area contributed by atoms with Crippen molar-refractivity contribution in [3.8, 4) is 6.07 Å². The zero-order valence-electron chi connectivity index (χ0n) is 9.26. The van der Waals surface area contributed by atoms with Gasteiger partial charge < -0.3 is 9.84 Å². The summed E-state index contributed by atoms with van der Waals surface area (Å²) in [5.74, 6) is 0. The number of aryl methyl sites for hydroxylation is 1. The Bertz CT molecular complexity index is 402. The van der Waals surface area contributed by atoms with Crippen LogP contribution in [0.3, 0.4) is 0 Å². The second-order valence-electron chi connectivity index (χ2n) is 4.16. The monoisotopic (exact) mass is 221 g/mol. The van der Waals surface area contributed by atoms with E-state index in [4.69, 9.17) is 4.74 Å². The van der Waals surface area contributed by atoms with Gasteiger partial charge in [-0.25, -0.2) is 0 Å². The first kappa shape index (κ1) is 11.1. The highest BCUT2D eigenvalue weighted by Crippen LogP contribution is 2.41. The molecule has 1 aliphatic rings. The summed E-state index contributed by atoms with van der Waals surface area (Å²) < 4.78 is 6.85. The SMILES string of the molecule is Cn1nccc1C(O)C1(C#N)CCOCC1. The molecule has 5 heteroatoms. The fraction of sp³-hybridized carbons (Fsp3) is 0.636. The third-order valence-electron chi connectivity index (χ3n) is 3.27. The lowest BCUT2D eigenvalue weighted by Gasteiger charge is -2.34. The molecule has 0 amide bonds. The highest BCUT2D eigenvalue weighted by molar-refractivity contribution is 5.15. The highest BCUT2D eigenvalue weighted by atomic mass is 16.5. The molecule has 0 saturated carbocycles. The van der Waals surface area contributed by atoms with E-state index in [0.717, 1.165) is 0 Å². The summed E-state index contributed by atoms with van der Waals surface area (Å²) in [6, 6.07) is 4.01. The summed E-state index contributed by atoms with van der Waals surface area (Å²) in [5, 5.41) is 23.6. The van der Waals surface area contributed by atoms with E-state index in [9.17, 15) is 10.4 Å². The maximum Gasteiger partial charge on any atom is 0.114 e. The van der Waals surface area contributed by atoms with E-state index < -0.39 is 11.5 Å². The molecule has 16 heavy (non-hydrogen) atoms. The smallest absolute Gasteiger partial charge is 0.114 e. The maximum absolute atomic E-state index is 10.3. The molecule has 1 fully saturated rings. The number of hydrogen-bond acceptors (Lipinski definition) is 4. The van der Waals surface area contributed by atoms with Gasteiger partial charge in [-0.2, -0.15) is 10.4 Å². The Kier molecular flexibility index (Phi) is 2.95. The number of aliphatic hydroxyl groups is 1. The van der Waals surface area contributed by atoms with E-state index in [1.54, 1.807) is 24.0 Å². The van der Waals surface area contributed by atoms with Crippen LogP contribution in [0, 0.1) is 16.7 Å². The van der Waals surface area contributed by atoms with Crippen molar-refractivity contribution in [1.82, 2.24) is 9.78 Å². The topological polar surface area (TPSA) is 71.1 Å². The van der Waals surface area contributed by atoms with Crippen LogP contribution in [0.5, 0.6) is 0 Å². The van der Waals surface area contributed by atoms with E-state index in [2.05, 4.69) is 11.2 Å². The molecule has 1 N–H and O–H groups in total. The molecule has 1 aromatic heterocycles. The molecule has 1 unspecified atom stereocenters. The Hall–Kier alpha value is -1.38. The van der Waals surface area contributed by atoms with Gasteiger partial charge in [0, 0.05) is 26.5 Å². The largest absolute Gasteiger partial charge is 0.385 e. The predicted octanol–water partition coefficient (Wildman–Crippen LogP) is 0.774. The van der Waals surface area contributed by atoms with Gasteiger partial charge >= 0.3 is 0 Å². The quantitative estimate of drug-likeness (QED) is 0.800. The van der Waals surface area contributed by atoms with Gasteiger partial charge in [0.05, 0.1) is 17.2 Å². The minimum Gasteiger partial charge on any atom is -0.385 e. The Labute approximate surface area is 94.3 Å². The van der Waals surface area contributed by atoms with E-state index in [1.165, 1.54) is 0 Å². The van der Waals surface area contributed by atoms with Crippen molar-refractivity contribution >= 4 is 0 Å². The molecule has 1 aromatic rings. The number of nitrogens with zero attached hydrogens (tertiary/aromatic N) is 3. The third-order valence-corrected chi connectivity index (χ3v) is 3.27. The van der Waals surface area contributed by atoms with Crippen LogP contribution in [0.2, 0.25) is 0 Å². The zero-order valence-corrected chi connectivity index (χ0v) is 9.26. The number of hydrogen-bond donors (Lipinski definition) is 1. The van der Waals surface area contributed by atoms with E-state index in [0.29, 0.717) is 31.7 Å². The summed E-state index contributed by atoms with van der Waals surface area (Å²) in [7, 11) is 1.77. The van der Waals surface area contributed by atoms with Gasteiger partial charge in [0.2, 0.25) is 0 Å². The molecule has 0 aromatic carbocycles. The fourth-order valence-electron chi connectivity index (χ4n) is 2.12.